The highest BCUT2D eigenvalue weighted by molar-refractivity contribution is 14.2. The largest absolute Gasteiger partial charge is 0.444 e. The molecule has 0 aromatic heterocycles. The lowest BCUT2D eigenvalue weighted by Crippen LogP contribution is -2.50. The number of hydrogen-bond acceptors (Lipinski definition) is 7. The van der Waals surface area contributed by atoms with E-state index in [0.717, 1.165) is 48.6 Å². The molecule has 3 aliphatic rings. The molecule has 0 spiro atoms. The fraction of sp³-hybridized carbons (Fsp3) is 0.533. The van der Waals surface area contributed by atoms with Crippen LogP contribution in [0.5, 0.6) is 0 Å². The van der Waals surface area contributed by atoms with E-state index in [0.29, 0.717) is 26.2 Å². The third kappa shape index (κ3) is 7.10. The Morgan fingerprint density at radius 2 is 1.20 bits per heavy atom. The molecule has 5 rings (SSSR count). The zero-order chi connectivity index (χ0) is 29.5. The SMILES string of the molecule is CC(C)(C)OC(=O)N1CCN(c2ccc3c(c2)S(I)=c2cc(N4CCN(C(=O)OC(C)(C)C)CC4)ccc2=N3)CC1. The topological polar surface area (TPSA) is 77.9 Å². The van der Waals surface area contributed by atoms with Gasteiger partial charge in [0.05, 0.1) is 11.0 Å². The summed E-state index contributed by atoms with van der Waals surface area (Å²) in [4.78, 5) is 39.5. The lowest BCUT2D eigenvalue weighted by Gasteiger charge is -2.37. The summed E-state index contributed by atoms with van der Waals surface area (Å²) in [5, 5.41) is 1.02. The second-order valence-electron chi connectivity index (χ2n) is 12.6. The Kier molecular flexibility index (Phi) is 8.48. The molecule has 2 saturated heterocycles. The molecule has 3 aliphatic heterocycles. The smallest absolute Gasteiger partial charge is 0.410 e. The molecule has 0 bridgehead atoms. The first-order valence-electron chi connectivity index (χ1n) is 14.1. The Morgan fingerprint density at radius 1 is 0.732 bits per heavy atom. The van der Waals surface area contributed by atoms with Gasteiger partial charge in [0, 0.05) is 73.1 Å². The van der Waals surface area contributed by atoms with Crippen molar-refractivity contribution in [1.29, 1.82) is 0 Å². The number of anilines is 2. The molecular formula is C30H40IN5O4S. The first kappa shape index (κ1) is 29.9. The van der Waals surface area contributed by atoms with E-state index in [2.05, 4.69) is 67.4 Å². The third-order valence-electron chi connectivity index (χ3n) is 7.11. The van der Waals surface area contributed by atoms with E-state index in [1.165, 1.54) is 9.41 Å². The van der Waals surface area contributed by atoms with Crippen molar-refractivity contribution >= 4 is 58.1 Å². The van der Waals surface area contributed by atoms with Gasteiger partial charge in [-0.15, -0.1) is 0 Å². The van der Waals surface area contributed by atoms with Gasteiger partial charge in [0.15, 0.2) is 0 Å². The Morgan fingerprint density at radius 3 is 1.68 bits per heavy atom. The van der Waals surface area contributed by atoms with Crippen molar-refractivity contribution < 1.29 is 19.1 Å². The highest BCUT2D eigenvalue weighted by Gasteiger charge is 2.28. The molecule has 0 saturated carbocycles. The molecule has 2 aromatic rings. The summed E-state index contributed by atoms with van der Waals surface area (Å²) in [6.07, 6.45) is -0.484. The maximum atomic E-state index is 12.5. The van der Waals surface area contributed by atoms with E-state index in [1.807, 2.05) is 41.5 Å². The number of halogens is 1. The minimum absolute atomic E-state index is 0.167. The van der Waals surface area contributed by atoms with Crippen LogP contribution in [0.2, 0.25) is 0 Å². The fourth-order valence-electron chi connectivity index (χ4n) is 5.07. The van der Waals surface area contributed by atoms with Gasteiger partial charge in [-0.05, 0) is 99.1 Å². The zero-order valence-electron chi connectivity index (χ0n) is 24.8. The summed E-state index contributed by atoms with van der Waals surface area (Å²) in [5.74, 6) is 0. The van der Waals surface area contributed by atoms with Crippen molar-refractivity contribution in [2.75, 3.05) is 62.2 Å². The van der Waals surface area contributed by atoms with Crippen LogP contribution in [0.25, 0.3) is 0 Å². The minimum atomic E-state index is -0.489. The molecule has 222 valence electrons. The highest BCUT2D eigenvalue weighted by Crippen LogP contribution is 2.46. The first-order chi connectivity index (χ1) is 19.3. The molecule has 11 heteroatoms. The van der Waals surface area contributed by atoms with Gasteiger partial charge in [0.1, 0.15) is 11.2 Å². The van der Waals surface area contributed by atoms with Gasteiger partial charge < -0.3 is 29.1 Å². The van der Waals surface area contributed by atoms with Gasteiger partial charge in [-0.2, -0.15) is 0 Å². The second-order valence-corrected chi connectivity index (χ2v) is 16.6. The Labute approximate surface area is 257 Å². The summed E-state index contributed by atoms with van der Waals surface area (Å²) >= 11 is 2.56. The minimum Gasteiger partial charge on any atom is -0.444 e. The Bertz CT molecular complexity index is 1450. The predicted molar refractivity (Wildman–Crippen MR) is 172 cm³/mol. The highest BCUT2D eigenvalue weighted by atomic mass is 127. The molecule has 2 fully saturated rings. The first-order valence-corrected chi connectivity index (χ1v) is 17.9. The van der Waals surface area contributed by atoms with E-state index in [9.17, 15) is 9.59 Å². The zero-order valence-corrected chi connectivity index (χ0v) is 27.8. The number of fused-ring (bicyclic) bond motifs is 2. The van der Waals surface area contributed by atoms with Crippen molar-refractivity contribution in [3.05, 3.63) is 46.3 Å². The number of rotatable bonds is 2. The summed E-state index contributed by atoms with van der Waals surface area (Å²) in [5.41, 5.74) is 2.36. The average Bonchev–Trinajstić information content (AvgIpc) is 2.91. The fourth-order valence-corrected chi connectivity index (χ4v) is 8.46. The summed E-state index contributed by atoms with van der Waals surface area (Å²) in [6, 6.07) is 13.1. The van der Waals surface area contributed by atoms with Gasteiger partial charge in [-0.3, -0.25) is 0 Å². The number of amides is 2. The quantitative estimate of drug-likeness (QED) is 0.284. The number of benzene rings is 2. The van der Waals surface area contributed by atoms with Crippen molar-refractivity contribution in [3.8, 4) is 0 Å². The standard InChI is InChI=1S/C30H40IN5O4S/c1-29(2,3)39-27(37)35-15-11-33(12-16-35)21-7-9-23-25(19-21)41(31)26-20-22(8-10-24(26)32-23)34-13-17-36(18-14-34)28(38)40-30(4,5)6/h7-10,19-20H,11-18H2,1-6H3. The number of hydrogen-bond donors (Lipinski definition) is 0. The Balaban J connectivity index is 1.29. The van der Waals surface area contributed by atoms with Crippen LogP contribution >= 0.6 is 28.9 Å². The average molecular weight is 694 g/mol. The van der Waals surface area contributed by atoms with E-state index in [-0.39, 0.29) is 19.8 Å². The summed E-state index contributed by atoms with van der Waals surface area (Å²) in [6.45, 7) is 17.0. The molecule has 41 heavy (non-hydrogen) atoms. The van der Waals surface area contributed by atoms with Gasteiger partial charge >= 0.3 is 12.2 Å². The molecule has 2 amide bonds. The van der Waals surface area contributed by atoms with E-state index >= 15 is 0 Å². The molecule has 9 nitrogen and oxygen atoms in total. The summed E-state index contributed by atoms with van der Waals surface area (Å²) < 4.78 is 12.3. The molecular weight excluding hydrogens is 653 g/mol. The van der Waals surface area contributed by atoms with Crippen LogP contribution in [0.4, 0.5) is 26.7 Å². The maximum absolute atomic E-state index is 12.5. The van der Waals surface area contributed by atoms with Gasteiger partial charge in [0.25, 0.3) is 0 Å². The van der Waals surface area contributed by atoms with Crippen LogP contribution in [0, 0.1) is 4.51 Å². The Hall–Kier alpha value is -2.54. The van der Waals surface area contributed by atoms with Gasteiger partial charge in [-0.1, -0.05) is 7.66 Å². The monoisotopic (exact) mass is 693 g/mol. The molecule has 1 unspecified atom stereocenters. The second kappa shape index (κ2) is 11.6. The van der Waals surface area contributed by atoms with E-state index < -0.39 is 11.2 Å². The van der Waals surface area contributed by atoms with Crippen molar-refractivity contribution in [2.45, 2.75) is 57.6 Å². The summed E-state index contributed by atoms with van der Waals surface area (Å²) in [7, 11) is -0.167. The maximum Gasteiger partial charge on any atom is 0.410 e. The number of ether oxygens (including phenoxy) is 2. The van der Waals surface area contributed by atoms with E-state index in [1.54, 1.807) is 9.80 Å². The molecule has 1 atom stereocenters. The number of nitrogens with zero attached hydrogens (tertiary/aromatic N) is 5. The molecule has 2 aromatic carbocycles. The number of carbonyl (C=O) groups is 2. The van der Waals surface area contributed by atoms with Gasteiger partial charge in [0.2, 0.25) is 0 Å². The predicted octanol–water partition coefficient (Wildman–Crippen LogP) is 5.99. The van der Waals surface area contributed by atoms with E-state index in [4.69, 9.17) is 14.5 Å². The third-order valence-corrected chi connectivity index (χ3v) is 11.4. The van der Waals surface area contributed by atoms with Crippen molar-refractivity contribution in [2.24, 2.45) is 4.99 Å². The van der Waals surface area contributed by atoms with Crippen LogP contribution in [0.1, 0.15) is 41.5 Å². The molecule has 3 heterocycles. The number of piperazine rings is 2. The molecule has 0 N–H and O–H groups in total. The molecule has 0 aliphatic carbocycles. The van der Waals surface area contributed by atoms with Crippen LogP contribution < -0.4 is 15.2 Å². The normalized spacial score (nSPS) is 19.2. The van der Waals surface area contributed by atoms with Gasteiger partial charge in [-0.25, -0.2) is 14.6 Å². The lowest BCUT2D eigenvalue weighted by molar-refractivity contribution is 0.0230. The van der Waals surface area contributed by atoms with Crippen LogP contribution in [0.3, 0.4) is 0 Å². The lowest BCUT2D eigenvalue weighted by atomic mass is 10.2. The van der Waals surface area contributed by atoms with Crippen LogP contribution in [0.15, 0.2) is 46.3 Å². The van der Waals surface area contributed by atoms with Crippen LogP contribution in [-0.4, -0.2) is 85.5 Å². The molecule has 0 radical (unpaired) electrons. The van der Waals surface area contributed by atoms with Crippen LogP contribution in [-0.2, 0) is 9.47 Å². The van der Waals surface area contributed by atoms with Crippen molar-refractivity contribution in [3.63, 3.8) is 0 Å². The van der Waals surface area contributed by atoms with Crippen molar-refractivity contribution in [1.82, 2.24) is 9.80 Å². The number of carbonyl (C=O) groups excluding carboxylic acids is 2.